The minimum absolute atomic E-state index is 0. The van der Waals surface area contributed by atoms with Gasteiger partial charge in [0.05, 0.1) is 5.56 Å². The predicted octanol–water partition coefficient (Wildman–Crippen LogP) is 3.31. The Bertz CT molecular complexity index is 735. The second kappa shape index (κ2) is 5.11. The predicted molar refractivity (Wildman–Crippen MR) is 74.2 cm³/mol. The van der Waals surface area contributed by atoms with Gasteiger partial charge in [-0.25, -0.2) is 4.79 Å². The monoisotopic (exact) mass is 245 g/mol. The molecule has 0 bridgehead atoms. The topological polar surface area (TPSA) is 37.3 Å². The fraction of sp³-hybridized carbons (Fsp3) is 0. The summed E-state index contributed by atoms with van der Waals surface area (Å²) >= 11 is 0. The molecule has 3 aromatic rings. The van der Waals surface area contributed by atoms with Crippen molar-refractivity contribution in [2.45, 2.75) is 0 Å². The van der Waals surface area contributed by atoms with Gasteiger partial charge in [0.2, 0.25) is 0 Å². The van der Waals surface area contributed by atoms with Crippen LogP contribution < -0.4 is 0 Å². The van der Waals surface area contributed by atoms with Gasteiger partial charge < -0.3 is 5.11 Å². The van der Waals surface area contributed by atoms with Crippen LogP contribution in [-0.4, -0.2) is 40.6 Å². The van der Waals surface area contributed by atoms with Gasteiger partial charge in [0, 0.05) is 29.6 Å². The van der Waals surface area contributed by atoms with Crippen LogP contribution in [0.3, 0.4) is 0 Å². The van der Waals surface area contributed by atoms with Crippen LogP contribution in [0.1, 0.15) is 10.4 Å². The first-order valence-electron chi connectivity index (χ1n) is 5.40. The second-order valence-corrected chi connectivity index (χ2v) is 4.07. The average molecular weight is 245 g/mol. The molecular weight excluding hydrogens is 235 g/mol. The molecule has 0 aromatic heterocycles. The maximum Gasteiger partial charge on any atom is 0.335 e. The number of carboxylic acid groups (broad SMARTS) is 1. The zero-order valence-corrected chi connectivity index (χ0v) is 12.1. The number of fused-ring (bicyclic) bond motifs is 2. The van der Waals surface area contributed by atoms with Crippen molar-refractivity contribution in [3.63, 3.8) is 0 Å². The summed E-state index contributed by atoms with van der Waals surface area (Å²) in [4.78, 5) is 10.9. The fourth-order valence-electron chi connectivity index (χ4n) is 2.07. The molecule has 0 amide bonds. The van der Waals surface area contributed by atoms with Crippen molar-refractivity contribution in [1.82, 2.24) is 0 Å². The number of carbonyl (C=O) groups is 1. The van der Waals surface area contributed by atoms with E-state index in [0.29, 0.717) is 5.56 Å². The van der Waals surface area contributed by atoms with Crippen molar-refractivity contribution in [1.29, 1.82) is 0 Å². The number of hydrogen-bond donors (Lipinski definition) is 1. The molecule has 0 saturated heterocycles. The summed E-state index contributed by atoms with van der Waals surface area (Å²) in [5.74, 6) is -0.889. The molecule has 0 aliphatic rings. The first kappa shape index (κ1) is 13.1. The zero-order chi connectivity index (χ0) is 11.8. The minimum atomic E-state index is -0.889. The van der Waals surface area contributed by atoms with Gasteiger partial charge in [-0.3, -0.25) is 0 Å². The van der Waals surface area contributed by atoms with Gasteiger partial charge in [0.25, 0.3) is 0 Å². The first-order chi connectivity index (χ1) is 8.24. The van der Waals surface area contributed by atoms with E-state index in [1.807, 2.05) is 30.3 Å². The fourth-order valence-corrected chi connectivity index (χ4v) is 2.07. The van der Waals surface area contributed by atoms with Crippen LogP contribution in [0.4, 0.5) is 0 Å². The van der Waals surface area contributed by atoms with Crippen LogP contribution in [0.2, 0.25) is 0 Å². The van der Waals surface area contributed by atoms with Crippen LogP contribution in [0, 0.1) is 0 Å². The molecule has 0 unspecified atom stereocenters. The van der Waals surface area contributed by atoms with E-state index < -0.39 is 5.97 Å². The summed E-state index contributed by atoms with van der Waals surface area (Å²) in [5, 5.41) is 13.3. The van der Waals surface area contributed by atoms with Crippen molar-refractivity contribution in [3.05, 3.63) is 60.2 Å². The summed E-state index contributed by atoms with van der Waals surface area (Å²) < 4.78 is 0. The Morgan fingerprint density at radius 1 is 0.778 bits per heavy atom. The largest absolute Gasteiger partial charge is 0.478 e. The van der Waals surface area contributed by atoms with Crippen molar-refractivity contribution in [2.24, 2.45) is 0 Å². The smallest absolute Gasteiger partial charge is 0.335 e. The Morgan fingerprint density at radius 2 is 1.33 bits per heavy atom. The summed E-state index contributed by atoms with van der Waals surface area (Å²) in [6.45, 7) is 0. The quantitative estimate of drug-likeness (QED) is 0.527. The molecule has 0 atom stereocenters. The zero-order valence-electron chi connectivity index (χ0n) is 10.1. The van der Waals surface area contributed by atoms with E-state index >= 15 is 0 Å². The number of hydrogen-bond acceptors (Lipinski definition) is 1. The molecular formula is C15H10NaO2. The van der Waals surface area contributed by atoms with E-state index in [9.17, 15) is 4.79 Å². The molecule has 83 valence electrons. The summed E-state index contributed by atoms with van der Waals surface area (Å²) in [6, 6.07) is 17.4. The Morgan fingerprint density at radius 3 is 1.94 bits per heavy atom. The Hall–Kier alpha value is -1.35. The molecule has 18 heavy (non-hydrogen) atoms. The third kappa shape index (κ3) is 2.27. The Balaban J connectivity index is 0.00000120. The molecule has 2 nitrogen and oxygen atoms in total. The summed E-state index contributed by atoms with van der Waals surface area (Å²) in [7, 11) is 0. The Kier molecular flexibility index (Phi) is 3.71. The summed E-state index contributed by atoms with van der Waals surface area (Å²) in [6.07, 6.45) is 0. The number of carboxylic acids is 1. The van der Waals surface area contributed by atoms with Crippen LogP contribution in [0.25, 0.3) is 21.5 Å². The van der Waals surface area contributed by atoms with Gasteiger partial charge in [0.1, 0.15) is 0 Å². The van der Waals surface area contributed by atoms with Crippen LogP contribution in [0.15, 0.2) is 54.6 Å². The van der Waals surface area contributed by atoms with E-state index in [1.54, 1.807) is 12.1 Å². The Labute approximate surface area is 127 Å². The third-order valence-corrected chi connectivity index (χ3v) is 2.95. The van der Waals surface area contributed by atoms with Crippen molar-refractivity contribution >= 4 is 57.1 Å². The molecule has 0 spiro atoms. The molecule has 3 aromatic carbocycles. The molecule has 0 saturated carbocycles. The molecule has 1 radical (unpaired) electrons. The summed E-state index contributed by atoms with van der Waals surface area (Å²) in [5.41, 5.74) is 0.327. The van der Waals surface area contributed by atoms with Crippen molar-refractivity contribution < 1.29 is 9.90 Å². The van der Waals surface area contributed by atoms with Crippen molar-refractivity contribution in [2.75, 3.05) is 0 Å². The van der Waals surface area contributed by atoms with Gasteiger partial charge in [-0.1, -0.05) is 30.3 Å². The molecule has 1 N–H and O–H groups in total. The maximum absolute atomic E-state index is 10.9. The van der Waals surface area contributed by atoms with Crippen LogP contribution in [-0.2, 0) is 0 Å². The first-order valence-corrected chi connectivity index (χ1v) is 5.40. The third-order valence-electron chi connectivity index (χ3n) is 2.95. The SMILES string of the molecule is O=C(O)c1ccc2cc3ccccc3cc2c1.[Na]. The van der Waals surface area contributed by atoms with Crippen LogP contribution in [0.5, 0.6) is 0 Å². The van der Waals surface area contributed by atoms with Gasteiger partial charge in [-0.05, 0) is 45.8 Å². The van der Waals surface area contributed by atoms with Gasteiger partial charge in [-0.15, -0.1) is 0 Å². The molecule has 0 fully saturated rings. The number of aromatic carboxylic acids is 1. The minimum Gasteiger partial charge on any atom is -0.478 e. The standard InChI is InChI=1S/C15H10O2.Na/c16-15(17)13-6-5-12-7-10-3-1-2-4-11(10)8-14(12)9-13;/h1-9H,(H,16,17);. The molecule has 3 rings (SSSR count). The van der Waals surface area contributed by atoms with E-state index in [1.165, 1.54) is 5.39 Å². The molecule has 3 heteroatoms. The van der Waals surface area contributed by atoms with Crippen LogP contribution >= 0.6 is 0 Å². The molecule has 0 aliphatic heterocycles. The average Bonchev–Trinajstić information content (AvgIpc) is 2.35. The van der Waals surface area contributed by atoms with E-state index in [-0.39, 0.29) is 29.6 Å². The number of rotatable bonds is 1. The van der Waals surface area contributed by atoms with Gasteiger partial charge in [0.15, 0.2) is 0 Å². The van der Waals surface area contributed by atoms with Crippen molar-refractivity contribution in [3.8, 4) is 0 Å². The second-order valence-electron chi connectivity index (χ2n) is 4.07. The molecule has 0 aliphatic carbocycles. The molecule has 0 heterocycles. The van der Waals surface area contributed by atoms with Gasteiger partial charge in [-0.2, -0.15) is 0 Å². The van der Waals surface area contributed by atoms with Gasteiger partial charge >= 0.3 is 5.97 Å². The maximum atomic E-state index is 10.9. The number of benzene rings is 3. The van der Waals surface area contributed by atoms with E-state index in [2.05, 4.69) is 12.1 Å². The van der Waals surface area contributed by atoms with E-state index in [4.69, 9.17) is 5.11 Å². The normalized spacial score (nSPS) is 10.2. The van der Waals surface area contributed by atoms with E-state index in [0.717, 1.165) is 16.2 Å².